The van der Waals surface area contributed by atoms with Crippen molar-refractivity contribution in [2.45, 2.75) is 12.8 Å². The SMILES string of the molecule is CN(CC1CCN(CCN)CC1)c1ccccn1. The number of pyridine rings is 1. The van der Waals surface area contributed by atoms with Crippen molar-refractivity contribution in [1.82, 2.24) is 9.88 Å². The molecular formula is C14H24N4. The van der Waals surface area contributed by atoms with Crippen molar-refractivity contribution in [3.8, 4) is 0 Å². The Morgan fingerprint density at radius 1 is 1.39 bits per heavy atom. The summed E-state index contributed by atoms with van der Waals surface area (Å²) in [6.07, 6.45) is 4.41. The first-order valence-corrected chi connectivity index (χ1v) is 6.84. The Labute approximate surface area is 110 Å². The summed E-state index contributed by atoms with van der Waals surface area (Å²) in [6, 6.07) is 6.08. The quantitative estimate of drug-likeness (QED) is 0.850. The highest BCUT2D eigenvalue weighted by Crippen LogP contribution is 2.19. The molecule has 0 radical (unpaired) electrons. The zero-order valence-electron chi connectivity index (χ0n) is 11.3. The van der Waals surface area contributed by atoms with E-state index in [1.807, 2.05) is 18.3 Å². The van der Waals surface area contributed by atoms with Crippen molar-refractivity contribution in [3.05, 3.63) is 24.4 Å². The van der Waals surface area contributed by atoms with Crippen molar-refractivity contribution in [2.75, 3.05) is 44.7 Å². The van der Waals surface area contributed by atoms with Crippen LogP contribution in [0.15, 0.2) is 24.4 Å². The van der Waals surface area contributed by atoms with Crippen LogP contribution in [0.3, 0.4) is 0 Å². The molecular weight excluding hydrogens is 224 g/mol. The van der Waals surface area contributed by atoms with Crippen LogP contribution in [0.25, 0.3) is 0 Å². The normalized spacial score (nSPS) is 17.9. The van der Waals surface area contributed by atoms with Crippen molar-refractivity contribution in [1.29, 1.82) is 0 Å². The number of likely N-dealkylation sites (tertiary alicyclic amines) is 1. The molecule has 1 fully saturated rings. The lowest BCUT2D eigenvalue weighted by atomic mass is 9.96. The zero-order chi connectivity index (χ0) is 12.8. The van der Waals surface area contributed by atoms with Crippen molar-refractivity contribution in [2.24, 2.45) is 11.7 Å². The number of piperidine rings is 1. The third-order valence-corrected chi connectivity index (χ3v) is 3.72. The van der Waals surface area contributed by atoms with E-state index < -0.39 is 0 Å². The molecule has 4 nitrogen and oxygen atoms in total. The molecule has 1 saturated heterocycles. The van der Waals surface area contributed by atoms with E-state index in [1.165, 1.54) is 25.9 Å². The molecule has 1 aliphatic heterocycles. The number of nitrogens with zero attached hydrogens (tertiary/aromatic N) is 3. The average molecular weight is 248 g/mol. The highest BCUT2D eigenvalue weighted by atomic mass is 15.2. The molecule has 0 bridgehead atoms. The zero-order valence-corrected chi connectivity index (χ0v) is 11.3. The smallest absolute Gasteiger partial charge is 0.128 e. The summed E-state index contributed by atoms with van der Waals surface area (Å²) in [5.74, 6) is 1.85. The van der Waals surface area contributed by atoms with Gasteiger partial charge in [-0.3, -0.25) is 0 Å². The van der Waals surface area contributed by atoms with Gasteiger partial charge < -0.3 is 15.5 Å². The minimum Gasteiger partial charge on any atom is -0.359 e. The summed E-state index contributed by atoms with van der Waals surface area (Å²) >= 11 is 0. The van der Waals surface area contributed by atoms with Crippen molar-refractivity contribution >= 4 is 5.82 Å². The first kappa shape index (κ1) is 13.3. The van der Waals surface area contributed by atoms with Crippen molar-refractivity contribution in [3.63, 3.8) is 0 Å². The fourth-order valence-electron chi connectivity index (χ4n) is 2.64. The maximum Gasteiger partial charge on any atom is 0.128 e. The summed E-state index contributed by atoms with van der Waals surface area (Å²) in [5.41, 5.74) is 5.59. The third-order valence-electron chi connectivity index (χ3n) is 3.72. The van der Waals surface area contributed by atoms with E-state index in [0.717, 1.165) is 31.4 Å². The number of hydrogen-bond acceptors (Lipinski definition) is 4. The molecule has 4 heteroatoms. The molecule has 100 valence electrons. The van der Waals surface area contributed by atoms with Gasteiger partial charge in [-0.2, -0.15) is 0 Å². The molecule has 0 aromatic carbocycles. The Bertz CT molecular complexity index is 333. The molecule has 0 atom stereocenters. The van der Waals surface area contributed by atoms with Gasteiger partial charge in [0, 0.05) is 32.9 Å². The summed E-state index contributed by atoms with van der Waals surface area (Å²) in [6.45, 7) is 5.31. The molecule has 0 aliphatic carbocycles. The van der Waals surface area contributed by atoms with Gasteiger partial charge in [0.1, 0.15) is 5.82 Å². The lowest BCUT2D eigenvalue weighted by Gasteiger charge is -2.33. The molecule has 1 aliphatic rings. The van der Waals surface area contributed by atoms with E-state index in [0.29, 0.717) is 0 Å². The van der Waals surface area contributed by atoms with Crippen LogP contribution in [-0.2, 0) is 0 Å². The highest BCUT2D eigenvalue weighted by molar-refractivity contribution is 5.36. The van der Waals surface area contributed by atoms with Crippen LogP contribution in [0.2, 0.25) is 0 Å². The number of hydrogen-bond donors (Lipinski definition) is 1. The van der Waals surface area contributed by atoms with Gasteiger partial charge in [0.15, 0.2) is 0 Å². The number of rotatable bonds is 5. The summed E-state index contributed by atoms with van der Waals surface area (Å²) < 4.78 is 0. The minimum absolute atomic E-state index is 0.776. The maximum atomic E-state index is 5.59. The third kappa shape index (κ3) is 3.68. The van der Waals surface area contributed by atoms with E-state index >= 15 is 0 Å². The Morgan fingerprint density at radius 2 is 2.17 bits per heavy atom. The van der Waals surface area contributed by atoms with Gasteiger partial charge in [0.25, 0.3) is 0 Å². The fraction of sp³-hybridized carbons (Fsp3) is 0.643. The predicted octanol–water partition coefficient (Wildman–Crippen LogP) is 1.19. The molecule has 2 rings (SSSR count). The van der Waals surface area contributed by atoms with Crippen molar-refractivity contribution < 1.29 is 0 Å². The van der Waals surface area contributed by atoms with Gasteiger partial charge in [-0.05, 0) is 44.0 Å². The first-order valence-electron chi connectivity index (χ1n) is 6.84. The average Bonchev–Trinajstić information content (AvgIpc) is 2.42. The van der Waals surface area contributed by atoms with E-state index in [9.17, 15) is 0 Å². The molecule has 1 aromatic heterocycles. The standard InChI is InChI=1S/C14H24N4/c1-17(14-4-2-3-8-16-14)12-13-5-9-18(10-6-13)11-7-15/h2-4,8,13H,5-7,9-12,15H2,1H3. The Balaban J connectivity index is 1.78. The lowest BCUT2D eigenvalue weighted by molar-refractivity contribution is 0.191. The van der Waals surface area contributed by atoms with Gasteiger partial charge in [-0.25, -0.2) is 4.98 Å². The van der Waals surface area contributed by atoms with Gasteiger partial charge in [0.2, 0.25) is 0 Å². The minimum atomic E-state index is 0.776. The second-order valence-corrected chi connectivity index (χ2v) is 5.14. The number of aromatic nitrogens is 1. The van der Waals surface area contributed by atoms with Gasteiger partial charge in [-0.15, -0.1) is 0 Å². The topological polar surface area (TPSA) is 45.4 Å². The Hall–Kier alpha value is -1.13. The number of nitrogens with two attached hydrogens (primary N) is 1. The molecule has 18 heavy (non-hydrogen) atoms. The molecule has 2 N–H and O–H groups in total. The van der Waals surface area contributed by atoms with Crippen LogP contribution in [-0.4, -0.2) is 49.7 Å². The maximum absolute atomic E-state index is 5.59. The lowest BCUT2D eigenvalue weighted by Crippen LogP contribution is -2.40. The Kier molecular flexibility index (Phi) is 4.96. The largest absolute Gasteiger partial charge is 0.359 e. The van der Waals surface area contributed by atoms with E-state index in [-0.39, 0.29) is 0 Å². The number of anilines is 1. The van der Waals surface area contributed by atoms with E-state index in [2.05, 4.69) is 27.9 Å². The van der Waals surface area contributed by atoms with Crippen LogP contribution in [0, 0.1) is 5.92 Å². The molecule has 0 spiro atoms. The first-order chi connectivity index (χ1) is 8.79. The van der Waals surface area contributed by atoms with E-state index in [4.69, 9.17) is 5.73 Å². The second-order valence-electron chi connectivity index (χ2n) is 5.14. The predicted molar refractivity (Wildman–Crippen MR) is 75.7 cm³/mol. The van der Waals surface area contributed by atoms with Gasteiger partial charge in [0.05, 0.1) is 0 Å². The summed E-state index contributed by atoms with van der Waals surface area (Å²) in [5, 5.41) is 0. The van der Waals surface area contributed by atoms with Crippen LogP contribution >= 0.6 is 0 Å². The summed E-state index contributed by atoms with van der Waals surface area (Å²) in [4.78, 5) is 9.12. The van der Waals surface area contributed by atoms with Gasteiger partial charge in [-0.1, -0.05) is 6.07 Å². The molecule has 1 aromatic rings. The van der Waals surface area contributed by atoms with Crippen LogP contribution in [0.5, 0.6) is 0 Å². The monoisotopic (exact) mass is 248 g/mol. The molecule has 0 saturated carbocycles. The Morgan fingerprint density at radius 3 is 2.78 bits per heavy atom. The molecule has 0 amide bonds. The van der Waals surface area contributed by atoms with E-state index in [1.54, 1.807) is 0 Å². The van der Waals surface area contributed by atoms with Crippen LogP contribution < -0.4 is 10.6 Å². The molecule has 0 unspecified atom stereocenters. The van der Waals surface area contributed by atoms with Crippen LogP contribution in [0.4, 0.5) is 5.82 Å². The second kappa shape index (κ2) is 6.71. The van der Waals surface area contributed by atoms with Crippen LogP contribution in [0.1, 0.15) is 12.8 Å². The highest BCUT2D eigenvalue weighted by Gasteiger charge is 2.20. The summed E-state index contributed by atoms with van der Waals surface area (Å²) in [7, 11) is 2.13. The molecule has 2 heterocycles. The fourth-order valence-corrected chi connectivity index (χ4v) is 2.64. The van der Waals surface area contributed by atoms with Gasteiger partial charge >= 0.3 is 0 Å².